The predicted molar refractivity (Wildman–Crippen MR) is 69.9 cm³/mol. The lowest BCUT2D eigenvalue weighted by atomic mass is 10.1. The van der Waals surface area contributed by atoms with Gasteiger partial charge in [-0.15, -0.1) is 0 Å². The highest BCUT2D eigenvalue weighted by Gasteiger charge is 2.17. The Kier molecular flexibility index (Phi) is 3.59. The van der Waals surface area contributed by atoms with Gasteiger partial charge >= 0.3 is 0 Å². The maximum absolute atomic E-state index is 12.0. The van der Waals surface area contributed by atoms with Crippen LogP contribution in [0.1, 0.15) is 17.2 Å². The largest absolute Gasteiger partial charge is 0.324 e. The number of benzene rings is 1. The number of aromatic nitrogens is 2. The molecule has 19 heavy (non-hydrogen) atoms. The van der Waals surface area contributed by atoms with E-state index in [1.165, 1.54) is 0 Å². The Morgan fingerprint density at radius 1 is 1.58 bits per heavy atom. The van der Waals surface area contributed by atoms with Crippen molar-refractivity contribution in [2.24, 2.45) is 12.8 Å². The predicted octanol–water partition coefficient (Wildman–Crippen LogP) is 0.930. The molecule has 0 fully saturated rings. The quantitative estimate of drug-likeness (QED) is 0.852. The lowest BCUT2D eigenvalue weighted by Gasteiger charge is -2.10. The van der Waals surface area contributed by atoms with Crippen molar-refractivity contribution < 1.29 is 4.79 Å². The van der Waals surface area contributed by atoms with Gasteiger partial charge in [0.2, 0.25) is 5.91 Å². The van der Waals surface area contributed by atoms with Gasteiger partial charge in [-0.2, -0.15) is 10.4 Å². The van der Waals surface area contributed by atoms with Crippen LogP contribution in [0.3, 0.4) is 0 Å². The van der Waals surface area contributed by atoms with Gasteiger partial charge < -0.3 is 11.1 Å². The maximum atomic E-state index is 12.0. The van der Waals surface area contributed by atoms with Crippen LogP contribution in [0.25, 0.3) is 0 Å². The number of hydrogen-bond acceptors (Lipinski definition) is 4. The number of rotatable bonds is 3. The van der Waals surface area contributed by atoms with Gasteiger partial charge in [0.05, 0.1) is 17.8 Å². The number of nitrogens with zero attached hydrogens (tertiary/aromatic N) is 3. The summed E-state index contributed by atoms with van der Waals surface area (Å²) in [5, 5.41) is 15.4. The van der Waals surface area contributed by atoms with Crippen LogP contribution in [-0.4, -0.2) is 15.7 Å². The van der Waals surface area contributed by atoms with E-state index < -0.39 is 6.04 Å². The number of nitrogens with one attached hydrogen (secondary N) is 1. The zero-order chi connectivity index (χ0) is 13.8. The minimum Gasteiger partial charge on any atom is -0.324 e. The number of aryl methyl sites for hydroxylation is 1. The third-order valence-electron chi connectivity index (χ3n) is 2.63. The van der Waals surface area contributed by atoms with E-state index in [0.29, 0.717) is 16.8 Å². The molecule has 1 atom stereocenters. The summed E-state index contributed by atoms with van der Waals surface area (Å²) in [7, 11) is 1.75. The fourth-order valence-electron chi connectivity index (χ4n) is 1.64. The Labute approximate surface area is 110 Å². The van der Waals surface area contributed by atoms with Crippen LogP contribution in [0.4, 0.5) is 5.69 Å². The summed E-state index contributed by atoms with van der Waals surface area (Å²) in [4.78, 5) is 12.0. The molecule has 0 bridgehead atoms. The molecule has 0 spiro atoms. The van der Waals surface area contributed by atoms with E-state index in [1.807, 2.05) is 6.07 Å². The molecule has 2 rings (SSSR count). The summed E-state index contributed by atoms with van der Waals surface area (Å²) in [5.74, 6) is -0.344. The number of amides is 1. The second-order valence-electron chi connectivity index (χ2n) is 4.11. The van der Waals surface area contributed by atoms with E-state index in [1.54, 1.807) is 48.4 Å². The van der Waals surface area contributed by atoms with Gasteiger partial charge in [-0.1, -0.05) is 6.07 Å². The van der Waals surface area contributed by atoms with E-state index in [0.717, 1.165) is 0 Å². The number of anilines is 1. The first-order chi connectivity index (χ1) is 9.10. The molecule has 2 aromatic rings. The van der Waals surface area contributed by atoms with Gasteiger partial charge in [0.25, 0.3) is 0 Å². The minimum absolute atomic E-state index is 0.344. The summed E-state index contributed by atoms with van der Waals surface area (Å²) in [5.41, 5.74) is 7.50. The molecule has 0 aliphatic carbocycles. The maximum Gasteiger partial charge on any atom is 0.246 e. The number of carbonyl (C=O) groups excluding carboxylic acids is 1. The van der Waals surface area contributed by atoms with E-state index >= 15 is 0 Å². The molecule has 0 radical (unpaired) electrons. The smallest absolute Gasteiger partial charge is 0.246 e. The normalized spacial score (nSPS) is 11.6. The fourth-order valence-corrected chi connectivity index (χ4v) is 1.64. The van der Waals surface area contributed by atoms with E-state index in [9.17, 15) is 4.79 Å². The van der Waals surface area contributed by atoms with Gasteiger partial charge in [0.1, 0.15) is 6.04 Å². The number of nitrogens with two attached hydrogens (primary N) is 1. The molecular formula is C13H13N5O. The first-order valence-electron chi connectivity index (χ1n) is 5.65. The second-order valence-corrected chi connectivity index (χ2v) is 4.11. The molecule has 6 nitrogen and oxygen atoms in total. The SMILES string of the molecule is Cn1cc(C(N)C(=O)Nc2cccc(C#N)c2)cn1. The van der Waals surface area contributed by atoms with Crippen molar-refractivity contribution in [3.8, 4) is 6.07 Å². The van der Waals surface area contributed by atoms with E-state index in [4.69, 9.17) is 11.0 Å². The lowest BCUT2D eigenvalue weighted by Crippen LogP contribution is -2.27. The van der Waals surface area contributed by atoms with Crippen LogP contribution in [-0.2, 0) is 11.8 Å². The zero-order valence-electron chi connectivity index (χ0n) is 10.4. The summed E-state index contributed by atoms with van der Waals surface area (Å²) >= 11 is 0. The molecule has 1 heterocycles. The monoisotopic (exact) mass is 255 g/mol. The Balaban J connectivity index is 2.10. The summed E-state index contributed by atoms with van der Waals surface area (Å²) in [6.45, 7) is 0. The Morgan fingerprint density at radius 2 is 2.37 bits per heavy atom. The van der Waals surface area contributed by atoms with Crippen LogP contribution in [0.5, 0.6) is 0 Å². The van der Waals surface area contributed by atoms with E-state index in [2.05, 4.69) is 10.4 Å². The second kappa shape index (κ2) is 5.33. The molecule has 0 saturated heterocycles. The first kappa shape index (κ1) is 12.8. The lowest BCUT2D eigenvalue weighted by molar-refractivity contribution is -0.117. The first-order valence-corrected chi connectivity index (χ1v) is 5.65. The van der Waals surface area contributed by atoms with Gasteiger partial charge in [-0.25, -0.2) is 0 Å². The van der Waals surface area contributed by atoms with Crippen LogP contribution >= 0.6 is 0 Å². The molecule has 1 unspecified atom stereocenters. The fraction of sp³-hybridized carbons (Fsp3) is 0.154. The number of carbonyl (C=O) groups is 1. The van der Waals surface area contributed by atoms with Crippen molar-refractivity contribution in [2.45, 2.75) is 6.04 Å². The minimum atomic E-state index is -0.792. The molecule has 1 amide bonds. The number of hydrogen-bond donors (Lipinski definition) is 2. The summed E-state index contributed by atoms with van der Waals surface area (Å²) in [6, 6.07) is 7.87. The molecule has 96 valence electrons. The molecule has 0 saturated carbocycles. The van der Waals surface area contributed by atoms with Crippen molar-refractivity contribution in [3.63, 3.8) is 0 Å². The summed E-state index contributed by atoms with van der Waals surface area (Å²) in [6.07, 6.45) is 3.24. The summed E-state index contributed by atoms with van der Waals surface area (Å²) < 4.78 is 1.58. The number of nitriles is 1. The van der Waals surface area contributed by atoms with Gasteiger partial charge in [-0.3, -0.25) is 9.48 Å². The molecule has 0 aliphatic rings. The molecule has 3 N–H and O–H groups in total. The van der Waals surface area contributed by atoms with Gasteiger partial charge in [0, 0.05) is 24.5 Å². The van der Waals surface area contributed by atoms with Crippen molar-refractivity contribution in [1.29, 1.82) is 5.26 Å². The molecule has 1 aromatic carbocycles. The highest BCUT2D eigenvalue weighted by atomic mass is 16.2. The van der Waals surface area contributed by atoms with Gasteiger partial charge in [-0.05, 0) is 18.2 Å². The highest BCUT2D eigenvalue weighted by Crippen LogP contribution is 2.14. The van der Waals surface area contributed by atoms with Crippen molar-refractivity contribution in [1.82, 2.24) is 9.78 Å². The highest BCUT2D eigenvalue weighted by molar-refractivity contribution is 5.95. The Hall–Kier alpha value is -2.65. The van der Waals surface area contributed by atoms with Crippen LogP contribution < -0.4 is 11.1 Å². The van der Waals surface area contributed by atoms with Crippen LogP contribution in [0, 0.1) is 11.3 Å². The molecular weight excluding hydrogens is 242 g/mol. The third-order valence-corrected chi connectivity index (χ3v) is 2.63. The molecule has 1 aromatic heterocycles. The zero-order valence-corrected chi connectivity index (χ0v) is 10.4. The Bertz CT molecular complexity index is 640. The molecule has 0 aliphatic heterocycles. The van der Waals surface area contributed by atoms with E-state index in [-0.39, 0.29) is 5.91 Å². The topological polar surface area (TPSA) is 96.7 Å². The van der Waals surface area contributed by atoms with Crippen LogP contribution in [0.2, 0.25) is 0 Å². The molecule has 6 heteroatoms. The third kappa shape index (κ3) is 2.97. The van der Waals surface area contributed by atoms with Crippen molar-refractivity contribution >= 4 is 11.6 Å². The Morgan fingerprint density at radius 3 is 3.00 bits per heavy atom. The van der Waals surface area contributed by atoms with Crippen molar-refractivity contribution in [3.05, 3.63) is 47.8 Å². The standard InChI is InChI=1S/C13H13N5O/c1-18-8-10(7-16-18)12(15)13(19)17-11-4-2-3-9(5-11)6-14/h2-5,7-8,12H,15H2,1H3,(H,17,19). The van der Waals surface area contributed by atoms with Crippen LogP contribution in [0.15, 0.2) is 36.7 Å². The average Bonchev–Trinajstić information content (AvgIpc) is 2.84. The van der Waals surface area contributed by atoms with Crippen molar-refractivity contribution in [2.75, 3.05) is 5.32 Å². The van der Waals surface area contributed by atoms with Gasteiger partial charge in [0.15, 0.2) is 0 Å². The average molecular weight is 255 g/mol.